The van der Waals surface area contributed by atoms with Gasteiger partial charge in [-0.3, -0.25) is 9.78 Å². The van der Waals surface area contributed by atoms with E-state index in [-0.39, 0.29) is 5.91 Å². The van der Waals surface area contributed by atoms with Crippen molar-refractivity contribution in [1.82, 2.24) is 10.3 Å². The van der Waals surface area contributed by atoms with Crippen LogP contribution in [0.2, 0.25) is 0 Å². The molecule has 3 aromatic rings. The summed E-state index contributed by atoms with van der Waals surface area (Å²) >= 11 is 1.68. The predicted octanol–water partition coefficient (Wildman–Crippen LogP) is 4.36. The zero-order valence-electron chi connectivity index (χ0n) is 13.2. The van der Waals surface area contributed by atoms with Crippen LogP contribution < -0.4 is 5.32 Å². The highest BCUT2D eigenvalue weighted by Gasteiger charge is 2.09. The third-order valence-corrected chi connectivity index (χ3v) is 4.61. The van der Waals surface area contributed by atoms with Gasteiger partial charge in [0.25, 0.3) is 5.91 Å². The van der Waals surface area contributed by atoms with Gasteiger partial charge in [-0.15, -0.1) is 11.3 Å². The maximum Gasteiger partial charge on any atom is 0.251 e. The Hall–Kier alpha value is -2.46. The van der Waals surface area contributed by atoms with Crippen LogP contribution in [0.15, 0.2) is 54.7 Å². The number of thiophene rings is 1. The highest BCUT2D eigenvalue weighted by atomic mass is 32.1. The lowest BCUT2D eigenvalue weighted by atomic mass is 10.1. The second-order valence-electron chi connectivity index (χ2n) is 5.51. The first-order valence-electron chi connectivity index (χ1n) is 7.48. The van der Waals surface area contributed by atoms with Crippen molar-refractivity contribution in [3.05, 3.63) is 76.3 Å². The molecule has 2 aromatic heterocycles. The topological polar surface area (TPSA) is 42.0 Å². The van der Waals surface area contributed by atoms with Gasteiger partial charge in [-0.1, -0.05) is 29.8 Å². The Morgan fingerprint density at radius 2 is 1.87 bits per heavy atom. The van der Waals surface area contributed by atoms with Gasteiger partial charge in [0.2, 0.25) is 0 Å². The summed E-state index contributed by atoms with van der Waals surface area (Å²) in [5.41, 5.74) is 3.77. The van der Waals surface area contributed by atoms with E-state index in [1.807, 2.05) is 43.3 Å². The van der Waals surface area contributed by atoms with E-state index in [9.17, 15) is 4.79 Å². The third kappa shape index (κ3) is 3.85. The molecule has 2 heterocycles. The van der Waals surface area contributed by atoms with Gasteiger partial charge in [-0.25, -0.2) is 0 Å². The van der Waals surface area contributed by atoms with Crippen molar-refractivity contribution >= 4 is 17.2 Å². The Morgan fingerprint density at radius 1 is 1.09 bits per heavy atom. The maximum atomic E-state index is 12.3. The molecule has 4 heteroatoms. The van der Waals surface area contributed by atoms with Crippen molar-refractivity contribution in [2.45, 2.75) is 20.4 Å². The van der Waals surface area contributed by atoms with E-state index in [0.717, 1.165) is 16.1 Å². The molecule has 0 spiro atoms. The summed E-state index contributed by atoms with van der Waals surface area (Å²) in [4.78, 5) is 19.0. The number of aryl methyl sites for hydroxylation is 2. The monoisotopic (exact) mass is 322 g/mol. The van der Waals surface area contributed by atoms with Crippen LogP contribution >= 0.6 is 11.3 Å². The molecule has 0 bridgehead atoms. The van der Waals surface area contributed by atoms with E-state index in [1.54, 1.807) is 23.6 Å². The second-order valence-corrected chi connectivity index (χ2v) is 6.80. The van der Waals surface area contributed by atoms with Crippen LogP contribution in [0.4, 0.5) is 0 Å². The predicted molar refractivity (Wildman–Crippen MR) is 94.6 cm³/mol. The van der Waals surface area contributed by atoms with Gasteiger partial charge in [0.1, 0.15) is 0 Å². The molecule has 1 N–H and O–H groups in total. The maximum absolute atomic E-state index is 12.3. The van der Waals surface area contributed by atoms with Crippen molar-refractivity contribution in [2.24, 2.45) is 0 Å². The summed E-state index contributed by atoms with van der Waals surface area (Å²) < 4.78 is 0. The molecule has 0 fully saturated rings. The lowest BCUT2D eigenvalue weighted by molar-refractivity contribution is 0.0951. The number of nitrogens with zero attached hydrogens (tertiary/aromatic N) is 1. The number of benzene rings is 1. The molecule has 0 saturated carbocycles. The Balaban J connectivity index is 1.71. The van der Waals surface area contributed by atoms with Gasteiger partial charge in [0.15, 0.2) is 0 Å². The molecule has 0 radical (unpaired) electrons. The quantitative estimate of drug-likeness (QED) is 0.775. The van der Waals surface area contributed by atoms with E-state index in [2.05, 4.69) is 23.3 Å². The molecule has 116 valence electrons. The number of aromatic nitrogens is 1. The van der Waals surface area contributed by atoms with E-state index in [0.29, 0.717) is 12.1 Å². The van der Waals surface area contributed by atoms with E-state index >= 15 is 0 Å². The largest absolute Gasteiger partial charge is 0.348 e. The highest BCUT2D eigenvalue weighted by molar-refractivity contribution is 7.15. The molecule has 0 atom stereocenters. The zero-order valence-corrected chi connectivity index (χ0v) is 14.0. The zero-order chi connectivity index (χ0) is 16.2. The summed E-state index contributed by atoms with van der Waals surface area (Å²) in [6.45, 7) is 4.63. The number of rotatable bonds is 4. The van der Waals surface area contributed by atoms with Crippen LogP contribution in [0, 0.1) is 13.8 Å². The van der Waals surface area contributed by atoms with Crippen LogP contribution in [0.1, 0.15) is 26.4 Å². The number of amides is 1. The van der Waals surface area contributed by atoms with Crippen LogP contribution in [-0.2, 0) is 6.54 Å². The fraction of sp³-hybridized carbons (Fsp3) is 0.158. The average Bonchev–Trinajstić information content (AvgIpc) is 3.01. The summed E-state index contributed by atoms with van der Waals surface area (Å²) in [6.07, 6.45) is 1.69. The highest BCUT2D eigenvalue weighted by Crippen LogP contribution is 2.26. The van der Waals surface area contributed by atoms with E-state index in [1.165, 1.54) is 10.4 Å². The van der Waals surface area contributed by atoms with Crippen molar-refractivity contribution in [2.75, 3.05) is 0 Å². The molecule has 0 aliphatic carbocycles. The molecule has 1 amide bonds. The fourth-order valence-electron chi connectivity index (χ4n) is 2.27. The van der Waals surface area contributed by atoms with E-state index < -0.39 is 0 Å². The molecule has 23 heavy (non-hydrogen) atoms. The summed E-state index contributed by atoms with van der Waals surface area (Å²) in [5, 5.41) is 2.96. The van der Waals surface area contributed by atoms with Gasteiger partial charge >= 0.3 is 0 Å². The number of pyridine rings is 1. The minimum atomic E-state index is -0.0810. The van der Waals surface area contributed by atoms with E-state index in [4.69, 9.17) is 0 Å². The first-order chi connectivity index (χ1) is 11.1. The molecule has 0 saturated heterocycles. The second kappa shape index (κ2) is 6.75. The Morgan fingerprint density at radius 3 is 2.57 bits per heavy atom. The third-order valence-electron chi connectivity index (χ3n) is 3.59. The van der Waals surface area contributed by atoms with Crippen molar-refractivity contribution in [3.8, 4) is 10.6 Å². The molecule has 3 nitrogen and oxygen atoms in total. The molecular weight excluding hydrogens is 304 g/mol. The van der Waals surface area contributed by atoms with Crippen molar-refractivity contribution in [3.63, 3.8) is 0 Å². The van der Waals surface area contributed by atoms with Gasteiger partial charge in [0.05, 0.1) is 10.6 Å². The lowest BCUT2D eigenvalue weighted by Crippen LogP contribution is -2.22. The van der Waals surface area contributed by atoms with Crippen LogP contribution in [0.5, 0.6) is 0 Å². The molecule has 3 rings (SSSR count). The van der Waals surface area contributed by atoms with Gasteiger partial charge in [-0.05, 0) is 43.7 Å². The summed E-state index contributed by atoms with van der Waals surface area (Å²) in [6, 6.07) is 15.8. The van der Waals surface area contributed by atoms with Crippen LogP contribution in [0.3, 0.4) is 0 Å². The Bertz CT molecular complexity index is 821. The average molecular weight is 322 g/mol. The van der Waals surface area contributed by atoms with Crippen molar-refractivity contribution in [1.29, 1.82) is 0 Å². The first-order valence-corrected chi connectivity index (χ1v) is 8.30. The summed E-state index contributed by atoms with van der Waals surface area (Å²) in [7, 11) is 0. The number of hydrogen-bond acceptors (Lipinski definition) is 3. The first kappa shape index (κ1) is 15.4. The molecule has 0 aliphatic heterocycles. The normalized spacial score (nSPS) is 10.5. The van der Waals surface area contributed by atoms with Gasteiger partial charge in [-0.2, -0.15) is 0 Å². The smallest absolute Gasteiger partial charge is 0.251 e. The fourth-order valence-corrected chi connectivity index (χ4v) is 3.10. The SMILES string of the molecule is Cc1ccc(CNC(=O)c2ccnc(-c3ccc(C)s3)c2)cc1. The molecule has 0 unspecified atom stereocenters. The minimum Gasteiger partial charge on any atom is -0.348 e. The standard InChI is InChI=1S/C19H18N2OS/c1-13-3-6-15(7-4-13)12-21-19(22)16-9-10-20-17(11-16)18-8-5-14(2)23-18/h3-11H,12H2,1-2H3,(H,21,22). The molecule has 0 aliphatic rings. The molecule has 1 aromatic carbocycles. The number of hydrogen-bond donors (Lipinski definition) is 1. The van der Waals surface area contributed by atoms with Gasteiger partial charge < -0.3 is 5.32 Å². The Labute approximate surface area is 140 Å². The van der Waals surface area contributed by atoms with Crippen molar-refractivity contribution < 1.29 is 4.79 Å². The minimum absolute atomic E-state index is 0.0810. The number of carbonyl (C=O) groups is 1. The number of carbonyl (C=O) groups excluding carboxylic acids is 1. The summed E-state index contributed by atoms with van der Waals surface area (Å²) in [5.74, 6) is -0.0810. The molecular formula is C19H18N2OS. The van der Waals surface area contributed by atoms with Gasteiger partial charge in [0, 0.05) is 23.2 Å². The van der Waals surface area contributed by atoms with Crippen LogP contribution in [-0.4, -0.2) is 10.9 Å². The number of nitrogens with one attached hydrogen (secondary N) is 1. The Kier molecular flexibility index (Phi) is 4.53. The van der Waals surface area contributed by atoms with Crippen LogP contribution in [0.25, 0.3) is 10.6 Å². The lowest BCUT2D eigenvalue weighted by Gasteiger charge is -2.07.